The fourth-order valence-corrected chi connectivity index (χ4v) is 2.53. The van der Waals surface area contributed by atoms with Crippen molar-refractivity contribution in [3.05, 3.63) is 63.2 Å². The van der Waals surface area contributed by atoms with E-state index in [9.17, 15) is 4.79 Å². The van der Waals surface area contributed by atoms with Gasteiger partial charge in [0.1, 0.15) is 12.4 Å². The molecular formula is C16H12INO2. The highest BCUT2D eigenvalue weighted by Gasteiger charge is 2.17. The van der Waals surface area contributed by atoms with Crippen LogP contribution in [0.1, 0.15) is 5.56 Å². The number of anilines is 1. The average molecular weight is 377 g/mol. The number of amides is 1. The number of carbonyl (C=O) groups is 1. The fourth-order valence-electron chi connectivity index (χ4n) is 2.01. The predicted octanol–water partition coefficient (Wildman–Crippen LogP) is 3.71. The summed E-state index contributed by atoms with van der Waals surface area (Å²) in [6, 6.07) is 15.4. The Morgan fingerprint density at radius 2 is 1.85 bits per heavy atom. The summed E-state index contributed by atoms with van der Waals surface area (Å²) >= 11 is 2.20. The Labute approximate surface area is 130 Å². The standard InChI is InChI=1S/C16H12INO2/c17-13-6-2-3-7-14(13)18-16(19)12-9-11-5-1-4-8-15(11)20-10-12/h1-9H,10H2,(H,18,19). The first kappa shape index (κ1) is 13.2. The van der Waals surface area contributed by atoms with Crippen LogP contribution in [0, 0.1) is 3.57 Å². The Balaban J connectivity index is 1.83. The second-order valence-corrected chi connectivity index (χ2v) is 5.59. The first-order chi connectivity index (χ1) is 9.74. The van der Waals surface area contributed by atoms with Crippen LogP contribution in [0.25, 0.3) is 6.08 Å². The van der Waals surface area contributed by atoms with Crippen molar-refractivity contribution < 1.29 is 9.53 Å². The van der Waals surface area contributed by atoms with Gasteiger partial charge in [-0.15, -0.1) is 0 Å². The summed E-state index contributed by atoms with van der Waals surface area (Å²) in [6.45, 7) is 0.298. The van der Waals surface area contributed by atoms with Gasteiger partial charge in [-0.25, -0.2) is 0 Å². The van der Waals surface area contributed by atoms with E-state index in [1.165, 1.54) is 0 Å². The monoisotopic (exact) mass is 377 g/mol. The van der Waals surface area contributed by atoms with Gasteiger partial charge in [-0.1, -0.05) is 30.3 Å². The molecule has 0 unspecified atom stereocenters. The largest absolute Gasteiger partial charge is 0.488 e. The van der Waals surface area contributed by atoms with E-state index in [2.05, 4.69) is 27.9 Å². The van der Waals surface area contributed by atoms with Crippen LogP contribution in [0.2, 0.25) is 0 Å². The number of carbonyl (C=O) groups excluding carboxylic acids is 1. The Hall–Kier alpha value is -1.82. The molecule has 0 saturated carbocycles. The lowest BCUT2D eigenvalue weighted by Crippen LogP contribution is -2.21. The fraction of sp³-hybridized carbons (Fsp3) is 0.0625. The van der Waals surface area contributed by atoms with Gasteiger partial charge in [0.05, 0.1) is 11.3 Å². The topological polar surface area (TPSA) is 38.3 Å². The number of fused-ring (bicyclic) bond motifs is 1. The molecule has 0 saturated heterocycles. The second-order valence-electron chi connectivity index (χ2n) is 4.43. The van der Waals surface area contributed by atoms with Crippen molar-refractivity contribution in [2.45, 2.75) is 0 Å². The molecule has 1 heterocycles. The minimum Gasteiger partial charge on any atom is -0.488 e. The van der Waals surface area contributed by atoms with Crippen molar-refractivity contribution in [1.82, 2.24) is 0 Å². The van der Waals surface area contributed by atoms with Gasteiger partial charge >= 0.3 is 0 Å². The van der Waals surface area contributed by atoms with Crippen LogP contribution >= 0.6 is 22.6 Å². The number of rotatable bonds is 2. The van der Waals surface area contributed by atoms with Gasteiger partial charge in [0.25, 0.3) is 5.91 Å². The van der Waals surface area contributed by atoms with E-state index in [0.29, 0.717) is 12.2 Å². The number of halogens is 1. The van der Waals surface area contributed by atoms with Gasteiger partial charge < -0.3 is 10.1 Å². The summed E-state index contributed by atoms with van der Waals surface area (Å²) in [6.07, 6.45) is 1.88. The molecule has 0 atom stereocenters. The maximum absolute atomic E-state index is 12.3. The molecule has 1 N–H and O–H groups in total. The van der Waals surface area contributed by atoms with Gasteiger partial charge in [-0.3, -0.25) is 4.79 Å². The molecule has 1 amide bonds. The van der Waals surface area contributed by atoms with Crippen molar-refractivity contribution in [1.29, 1.82) is 0 Å². The minimum absolute atomic E-state index is 0.122. The maximum atomic E-state index is 12.3. The zero-order valence-electron chi connectivity index (χ0n) is 10.6. The first-order valence-corrected chi connectivity index (χ1v) is 7.30. The third-order valence-corrected chi connectivity index (χ3v) is 3.99. The van der Waals surface area contributed by atoms with Gasteiger partial charge in [0.2, 0.25) is 0 Å². The van der Waals surface area contributed by atoms with Crippen LogP contribution in [0.15, 0.2) is 54.1 Å². The molecule has 3 rings (SSSR count). The molecule has 0 bridgehead atoms. The zero-order chi connectivity index (χ0) is 13.9. The summed E-state index contributed by atoms with van der Waals surface area (Å²) in [7, 11) is 0. The number of hydrogen-bond acceptors (Lipinski definition) is 2. The molecule has 1 aliphatic rings. The summed E-state index contributed by atoms with van der Waals surface area (Å²) in [5.41, 5.74) is 2.38. The predicted molar refractivity (Wildman–Crippen MR) is 87.7 cm³/mol. The lowest BCUT2D eigenvalue weighted by Gasteiger charge is -2.17. The highest BCUT2D eigenvalue weighted by atomic mass is 127. The van der Waals surface area contributed by atoms with E-state index >= 15 is 0 Å². The van der Waals surface area contributed by atoms with Gasteiger partial charge in [-0.05, 0) is 46.9 Å². The van der Waals surface area contributed by atoms with Crippen molar-refractivity contribution in [3.8, 4) is 5.75 Å². The molecule has 0 aliphatic carbocycles. The van der Waals surface area contributed by atoms with Crippen LogP contribution < -0.4 is 10.1 Å². The highest BCUT2D eigenvalue weighted by molar-refractivity contribution is 14.1. The SMILES string of the molecule is O=C(Nc1ccccc1I)C1=Cc2ccccc2OC1. The molecule has 0 fully saturated rings. The Morgan fingerprint density at radius 1 is 1.10 bits per heavy atom. The maximum Gasteiger partial charge on any atom is 0.255 e. The molecule has 0 radical (unpaired) electrons. The summed E-state index contributed by atoms with van der Waals surface area (Å²) < 4.78 is 6.60. The van der Waals surface area contributed by atoms with Gasteiger partial charge in [0.15, 0.2) is 0 Å². The second kappa shape index (κ2) is 5.66. The normalized spacial score (nSPS) is 12.9. The van der Waals surface area contributed by atoms with E-state index in [1.807, 2.05) is 54.6 Å². The van der Waals surface area contributed by atoms with Crippen molar-refractivity contribution in [2.24, 2.45) is 0 Å². The number of nitrogens with one attached hydrogen (secondary N) is 1. The summed E-state index contributed by atoms with van der Waals surface area (Å²) in [5, 5.41) is 2.92. The summed E-state index contributed by atoms with van der Waals surface area (Å²) in [5.74, 6) is 0.696. The molecule has 2 aromatic rings. The number of para-hydroxylation sites is 2. The van der Waals surface area contributed by atoms with Crippen molar-refractivity contribution in [2.75, 3.05) is 11.9 Å². The average Bonchev–Trinajstić information content (AvgIpc) is 2.49. The van der Waals surface area contributed by atoms with Crippen molar-refractivity contribution >= 4 is 40.3 Å². The molecule has 2 aromatic carbocycles. The first-order valence-electron chi connectivity index (χ1n) is 6.22. The van der Waals surface area contributed by atoms with Gasteiger partial charge in [0, 0.05) is 9.13 Å². The van der Waals surface area contributed by atoms with Crippen LogP contribution in [0.4, 0.5) is 5.69 Å². The number of ether oxygens (including phenoxy) is 1. The Bertz CT molecular complexity index is 694. The molecule has 0 spiro atoms. The molecule has 0 aromatic heterocycles. The van der Waals surface area contributed by atoms with E-state index in [4.69, 9.17) is 4.74 Å². The number of hydrogen-bond donors (Lipinski definition) is 1. The molecule has 100 valence electrons. The lowest BCUT2D eigenvalue weighted by molar-refractivity contribution is -0.113. The van der Waals surface area contributed by atoms with Gasteiger partial charge in [-0.2, -0.15) is 0 Å². The quantitative estimate of drug-likeness (QED) is 0.811. The summed E-state index contributed by atoms with van der Waals surface area (Å²) in [4.78, 5) is 12.3. The Morgan fingerprint density at radius 3 is 2.70 bits per heavy atom. The molecule has 4 heteroatoms. The minimum atomic E-state index is -0.122. The Kier molecular flexibility index (Phi) is 3.73. The van der Waals surface area contributed by atoms with Crippen LogP contribution in [0.5, 0.6) is 5.75 Å². The van der Waals surface area contributed by atoms with E-state index in [1.54, 1.807) is 0 Å². The smallest absolute Gasteiger partial charge is 0.255 e. The molecule has 3 nitrogen and oxygen atoms in total. The van der Waals surface area contributed by atoms with Crippen molar-refractivity contribution in [3.63, 3.8) is 0 Å². The van der Waals surface area contributed by atoms with Crippen LogP contribution in [0.3, 0.4) is 0 Å². The lowest BCUT2D eigenvalue weighted by atomic mass is 10.1. The van der Waals surface area contributed by atoms with E-state index in [-0.39, 0.29) is 5.91 Å². The van der Waals surface area contributed by atoms with E-state index < -0.39 is 0 Å². The molecular weight excluding hydrogens is 365 g/mol. The van der Waals surface area contributed by atoms with Crippen LogP contribution in [-0.2, 0) is 4.79 Å². The van der Waals surface area contributed by atoms with Crippen LogP contribution in [-0.4, -0.2) is 12.5 Å². The third-order valence-electron chi connectivity index (χ3n) is 3.05. The molecule has 20 heavy (non-hydrogen) atoms. The molecule has 1 aliphatic heterocycles. The van der Waals surface area contributed by atoms with E-state index in [0.717, 1.165) is 20.6 Å². The third kappa shape index (κ3) is 2.70. The zero-order valence-corrected chi connectivity index (χ0v) is 12.8. The highest BCUT2D eigenvalue weighted by Crippen LogP contribution is 2.26. The number of benzene rings is 2.